The molecule has 1 aliphatic rings. The summed E-state index contributed by atoms with van der Waals surface area (Å²) >= 11 is 1.40. The molecule has 7 nitrogen and oxygen atoms in total. The van der Waals surface area contributed by atoms with Gasteiger partial charge in [0.1, 0.15) is 5.69 Å². The maximum absolute atomic E-state index is 11.5. The summed E-state index contributed by atoms with van der Waals surface area (Å²) in [5.41, 5.74) is 10.5. The van der Waals surface area contributed by atoms with Gasteiger partial charge in [-0.3, -0.25) is 4.79 Å². The second-order valence-corrected chi connectivity index (χ2v) is 4.29. The quantitative estimate of drug-likeness (QED) is 0.539. The van der Waals surface area contributed by atoms with E-state index in [2.05, 4.69) is 14.9 Å². The van der Waals surface area contributed by atoms with Crippen molar-refractivity contribution in [2.45, 2.75) is 0 Å². The summed E-state index contributed by atoms with van der Waals surface area (Å²) in [6.45, 7) is 2.92. The first-order valence-corrected chi connectivity index (χ1v) is 5.97. The molecule has 4 N–H and O–H groups in total. The van der Waals surface area contributed by atoms with Gasteiger partial charge in [0.25, 0.3) is 5.91 Å². The highest BCUT2D eigenvalue weighted by molar-refractivity contribution is 7.13. The second kappa shape index (κ2) is 5.11. The Labute approximate surface area is 102 Å². The van der Waals surface area contributed by atoms with Crippen molar-refractivity contribution < 1.29 is 9.53 Å². The minimum atomic E-state index is -0.513. The molecule has 0 atom stereocenters. The molecular weight excluding hydrogens is 242 g/mol. The molecule has 0 radical (unpaired) electrons. The zero-order valence-corrected chi connectivity index (χ0v) is 9.94. The van der Waals surface area contributed by atoms with Crippen molar-refractivity contribution in [3.05, 3.63) is 11.1 Å². The standard InChI is InChI=1S/C9H13N5O2S/c10-8(11)13-7(15)6-5-17-9(12-6)14-1-3-16-4-2-14/h5H,1-4H2,(H4,10,11,13,15). The van der Waals surface area contributed by atoms with Crippen molar-refractivity contribution in [3.63, 3.8) is 0 Å². The maximum Gasteiger partial charge on any atom is 0.299 e. The molecule has 17 heavy (non-hydrogen) atoms. The molecule has 2 rings (SSSR count). The van der Waals surface area contributed by atoms with Crippen molar-refractivity contribution in [2.24, 2.45) is 16.5 Å². The fraction of sp³-hybridized carbons (Fsp3) is 0.444. The predicted molar refractivity (Wildman–Crippen MR) is 65.3 cm³/mol. The lowest BCUT2D eigenvalue weighted by Gasteiger charge is -2.25. The smallest absolute Gasteiger partial charge is 0.299 e. The average Bonchev–Trinajstić information content (AvgIpc) is 2.78. The van der Waals surface area contributed by atoms with Crippen LogP contribution >= 0.6 is 11.3 Å². The van der Waals surface area contributed by atoms with E-state index in [1.165, 1.54) is 11.3 Å². The summed E-state index contributed by atoms with van der Waals surface area (Å²) in [4.78, 5) is 21.2. The zero-order chi connectivity index (χ0) is 12.3. The minimum absolute atomic E-state index is 0.254. The molecular formula is C9H13N5O2S. The molecule has 0 unspecified atom stereocenters. The number of nitrogens with two attached hydrogens (primary N) is 2. The molecule has 1 aromatic rings. The summed E-state index contributed by atoms with van der Waals surface area (Å²) in [5.74, 6) is -0.767. The Morgan fingerprint density at radius 3 is 2.82 bits per heavy atom. The second-order valence-electron chi connectivity index (χ2n) is 3.46. The Kier molecular flexibility index (Phi) is 3.55. The normalized spacial score (nSPS) is 15.6. The van der Waals surface area contributed by atoms with Crippen molar-refractivity contribution in [1.82, 2.24) is 4.98 Å². The summed E-state index contributed by atoms with van der Waals surface area (Å²) < 4.78 is 5.24. The van der Waals surface area contributed by atoms with Crippen LogP contribution in [0.4, 0.5) is 5.13 Å². The number of carbonyl (C=O) groups is 1. The fourth-order valence-electron chi connectivity index (χ4n) is 1.44. The van der Waals surface area contributed by atoms with Crippen molar-refractivity contribution in [2.75, 3.05) is 31.2 Å². The van der Waals surface area contributed by atoms with E-state index < -0.39 is 5.91 Å². The molecule has 1 aromatic heterocycles. The largest absolute Gasteiger partial charge is 0.378 e. The lowest BCUT2D eigenvalue weighted by Crippen LogP contribution is -2.36. The molecule has 0 saturated carbocycles. The molecule has 8 heteroatoms. The molecule has 2 heterocycles. The van der Waals surface area contributed by atoms with Crippen LogP contribution in [0.2, 0.25) is 0 Å². The van der Waals surface area contributed by atoms with Gasteiger partial charge in [0.2, 0.25) is 0 Å². The Balaban J connectivity index is 2.09. The van der Waals surface area contributed by atoms with Gasteiger partial charge in [0.05, 0.1) is 13.2 Å². The number of morpholine rings is 1. The summed E-state index contributed by atoms with van der Waals surface area (Å²) in [5, 5.41) is 2.45. The van der Waals surface area contributed by atoms with Crippen LogP contribution in [0.1, 0.15) is 10.5 Å². The van der Waals surface area contributed by atoms with Gasteiger partial charge in [-0.15, -0.1) is 11.3 Å². The zero-order valence-electron chi connectivity index (χ0n) is 9.13. The molecule has 0 aliphatic carbocycles. The third-order valence-electron chi connectivity index (χ3n) is 2.22. The van der Waals surface area contributed by atoms with Crippen LogP contribution < -0.4 is 16.4 Å². The number of amides is 1. The lowest BCUT2D eigenvalue weighted by atomic mass is 10.4. The van der Waals surface area contributed by atoms with Gasteiger partial charge in [-0.2, -0.15) is 4.99 Å². The topological polar surface area (TPSA) is 107 Å². The van der Waals surface area contributed by atoms with Crippen LogP contribution in [0, 0.1) is 0 Å². The number of ether oxygens (including phenoxy) is 1. The predicted octanol–water partition coefficient (Wildman–Crippen LogP) is -0.607. The van der Waals surface area contributed by atoms with Gasteiger partial charge < -0.3 is 21.1 Å². The number of anilines is 1. The van der Waals surface area contributed by atoms with E-state index in [0.29, 0.717) is 13.2 Å². The highest BCUT2D eigenvalue weighted by Gasteiger charge is 2.17. The van der Waals surface area contributed by atoms with E-state index in [1.54, 1.807) is 5.38 Å². The SMILES string of the molecule is NC(N)=NC(=O)c1csc(N2CCOCC2)n1. The molecule has 1 fully saturated rings. The number of hydrogen-bond donors (Lipinski definition) is 2. The first kappa shape index (κ1) is 11.8. The number of guanidine groups is 1. The Morgan fingerprint density at radius 2 is 2.18 bits per heavy atom. The average molecular weight is 255 g/mol. The van der Waals surface area contributed by atoms with Gasteiger partial charge in [-0.05, 0) is 0 Å². The van der Waals surface area contributed by atoms with Crippen LogP contribution in [0.3, 0.4) is 0 Å². The molecule has 0 bridgehead atoms. The van der Waals surface area contributed by atoms with E-state index in [1.807, 2.05) is 0 Å². The van der Waals surface area contributed by atoms with E-state index in [0.717, 1.165) is 18.2 Å². The Hall–Kier alpha value is -1.67. The number of hydrogen-bond acceptors (Lipinski definition) is 5. The first-order valence-electron chi connectivity index (χ1n) is 5.09. The highest BCUT2D eigenvalue weighted by Crippen LogP contribution is 2.21. The monoisotopic (exact) mass is 255 g/mol. The lowest BCUT2D eigenvalue weighted by molar-refractivity contribution is 0.0998. The van der Waals surface area contributed by atoms with Crippen molar-refractivity contribution >= 4 is 28.3 Å². The summed E-state index contributed by atoms with van der Waals surface area (Å²) in [7, 11) is 0. The number of carbonyl (C=O) groups excluding carboxylic acids is 1. The van der Waals surface area contributed by atoms with E-state index >= 15 is 0 Å². The van der Waals surface area contributed by atoms with Gasteiger partial charge in [-0.25, -0.2) is 4.98 Å². The third-order valence-corrected chi connectivity index (χ3v) is 3.12. The highest BCUT2D eigenvalue weighted by atomic mass is 32.1. The number of aliphatic imine (C=N–C) groups is 1. The van der Waals surface area contributed by atoms with E-state index in [9.17, 15) is 4.79 Å². The summed E-state index contributed by atoms with van der Waals surface area (Å²) in [6.07, 6.45) is 0. The van der Waals surface area contributed by atoms with Gasteiger partial charge in [-0.1, -0.05) is 0 Å². The van der Waals surface area contributed by atoms with Crippen molar-refractivity contribution in [1.29, 1.82) is 0 Å². The van der Waals surface area contributed by atoms with Crippen LogP contribution in [0.15, 0.2) is 10.4 Å². The molecule has 0 aromatic carbocycles. The van der Waals surface area contributed by atoms with Crippen LogP contribution in [-0.2, 0) is 4.74 Å². The van der Waals surface area contributed by atoms with E-state index in [4.69, 9.17) is 16.2 Å². The molecule has 92 valence electrons. The minimum Gasteiger partial charge on any atom is -0.378 e. The number of nitrogens with zero attached hydrogens (tertiary/aromatic N) is 3. The summed E-state index contributed by atoms with van der Waals surface area (Å²) in [6, 6.07) is 0. The number of aromatic nitrogens is 1. The van der Waals surface area contributed by atoms with Gasteiger partial charge in [0, 0.05) is 18.5 Å². The molecule has 1 aliphatic heterocycles. The number of rotatable bonds is 2. The molecule has 1 amide bonds. The number of thiazole rings is 1. The van der Waals surface area contributed by atoms with Crippen LogP contribution in [-0.4, -0.2) is 43.2 Å². The van der Waals surface area contributed by atoms with Crippen LogP contribution in [0.5, 0.6) is 0 Å². The first-order chi connectivity index (χ1) is 8.16. The van der Waals surface area contributed by atoms with Crippen molar-refractivity contribution in [3.8, 4) is 0 Å². The molecule has 1 saturated heterocycles. The van der Waals surface area contributed by atoms with E-state index in [-0.39, 0.29) is 11.7 Å². The van der Waals surface area contributed by atoms with Gasteiger partial charge >= 0.3 is 0 Å². The Bertz CT molecular complexity index is 434. The Morgan fingerprint density at radius 1 is 1.47 bits per heavy atom. The fourth-order valence-corrected chi connectivity index (χ4v) is 2.29. The molecule has 0 spiro atoms. The van der Waals surface area contributed by atoms with Crippen LogP contribution in [0.25, 0.3) is 0 Å². The maximum atomic E-state index is 11.5. The third kappa shape index (κ3) is 2.92. The van der Waals surface area contributed by atoms with Gasteiger partial charge in [0.15, 0.2) is 11.1 Å².